The Morgan fingerprint density at radius 1 is 1.09 bits per heavy atom. The third kappa shape index (κ3) is 4.14. The monoisotopic (exact) mass is 313 g/mol. The number of benzene rings is 1. The molecule has 1 atom stereocenters. The van der Waals surface area contributed by atoms with E-state index in [0.717, 1.165) is 44.7 Å². The molecule has 124 valence electrons. The molecule has 3 rings (SSSR count). The maximum Gasteiger partial charge on any atom is 0.153 e. The summed E-state index contributed by atoms with van der Waals surface area (Å²) < 4.78 is 5.37. The molecule has 1 aromatic rings. The molecule has 0 radical (unpaired) electrons. The van der Waals surface area contributed by atoms with Crippen LogP contribution in [0.2, 0.25) is 0 Å². The molecule has 2 aliphatic rings. The molecule has 1 aliphatic carbocycles. The Morgan fingerprint density at radius 2 is 1.78 bits per heavy atom. The summed E-state index contributed by atoms with van der Waals surface area (Å²) in [5.41, 5.74) is -0.0603. The number of nitrogens with zero attached hydrogens (tertiary/aromatic N) is 1. The van der Waals surface area contributed by atoms with E-state index >= 15 is 0 Å². The summed E-state index contributed by atoms with van der Waals surface area (Å²) in [4.78, 5) is 2.29. The van der Waals surface area contributed by atoms with Gasteiger partial charge in [0.2, 0.25) is 0 Å². The van der Waals surface area contributed by atoms with Crippen molar-refractivity contribution in [2.75, 3.05) is 32.8 Å². The van der Waals surface area contributed by atoms with Gasteiger partial charge in [-0.05, 0) is 18.4 Å². The van der Waals surface area contributed by atoms with Crippen molar-refractivity contribution in [1.29, 1.82) is 0 Å². The zero-order valence-electron chi connectivity index (χ0n) is 13.8. The summed E-state index contributed by atoms with van der Waals surface area (Å²) in [5.74, 6) is 6.76. The molecule has 3 nitrogen and oxygen atoms in total. The minimum Gasteiger partial charge on any atom is -0.379 e. The molecular formula is C20H27NO2. The average Bonchev–Trinajstić information content (AvgIpc) is 2.64. The molecule has 1 aromatic carbocycles. The first-order valence-corrected chi connectivity index (χ1v) is 8.87. The number of morpholine rings is 1. The number of rotatable bonds is 3. The number of hydrogen-bond acceptors (Lipinski definition) is 3. The normalized spacial score (nSPS) is 22.8. The largest absolute Gasteiger partial charge is 0.379 e. The minimum atomic E-state index is -1.01. The quantitative estimate of drug-likeness (QED) is 0.871. The van der Waals surface area contributed by atoms with Crippen LogP contribution in [0.1, 0.15) is 37.7 Å². The van der Waals surface area contributed by atoms with Crippen molar-refractivity contribution < 1.29 is 9.84 Å². The van der Waals surface area contributed by atoms with E-state index in [1.54, 1.807) is 0 Å². The van der Waals surface area contributed by atoms with Gasteiger partial charge in [0.25, 0.3) is 0 Å². The highest BCUT2D eigenvalue weighted by molar-refractivity contribution is 5.33. The Balaban J connectivity index is 1.77. The van der Waals surface area contributed by atoms with Gasteiger partial charge in [0, 0.05) is 19.0 Å². The fraction of sp³-hybridized carbons (Fsp3) is 0.600. The van der Waals surface area contributed by atoms with Crippen molar-refractivity contribution in [3.05, 3.63) is 35.9 Å². The predicted molar refractivity (Wildman–Crippen MR) is 91.9 cm³/mol. The molecule has 0 amide bonds. The van der Waals surface area contributed by atoms with Crippen LogP contribution in [-0.2, 0) is 10.3 Å². The maximum atomic E-state index is 11.4. The van der Waals surface area contributed by atoms with Gasteiger partial charge in [-0.25, -0.2) is 0 Å². The van der Waals surface area contributed by atoms with E-state index < -0.39 is 5.60 Å². The zero-order valence-corrected chi connectivity index (χ0v) is 13.8. The fourth-order valence-electron chi connectivity index (χ4n) is 3.67. The van der Waals surface area contributed by atoms with Gasteiger partial charge in [-0.15, -0.1) is 0 Å². The van der Waals surface area contributed by atoms with Gasteiger partial charge >= 0.3 is 0 Å². The number of aliphatic hydroxyl groups is 1. The second-order valence-electron chi connectivity index (χ2n) is 6.66. The van der Waals surface area contributed by atoms with E-state index in [0.29, 0.717) is 6.54 Å². The third-order valence-corrected chi connectivity index (χ3v) is 5.10. The molecular weight excluding hydrogens is 286 g/mol. The van der Waals surface area contributed by atoms with Gasteiger partial charge in [0.15, 0.2) is 5.60 Å². The van der Waals surface area contributed by atoms with Crippen molar-refractivity contribution in [3.63, 3.8) is 0 Å². The summed E-state index contributed by atoms with van der Waals surface area (Å²) in [5, 5.41) is 11.4. The Kier molecular flexibility index (Phi) is 5.72. The Morgan fingerprint density at radius 3 is 2.48 bits per heavy atom. The maximum absolute atomic E-state index is 11.4. The second-order valence-corrected chi connectivity index (χ2v) is 6.66. The standard InChI is InChI=1S/C20H27NO2/c22-20(18-8-3-1-4-9-18,19-10-5-2-6-11-19)12-7-13-21-14-16-23-17-15-21/h1,3-4,8-9,19,22H,2,5-6,10-11,13-17H2/t20-/m1/s1. The number of hydrogen-bond donors (Lipinski definition) is 1. The second kappa shape index (κ2) is 7.97. The molecule has 0 bridgehead atoms. The first-order valence-electron chi connectivity index (χ1n) is 8.87. The molecule has 0 aromatic heterocycles. The lowest BCUT2D eigenvalue weighted by atomic mass is 9.73. The molecule has 1 saturated carbocycles. The summed E-state index contributed by atoms with van der Waals surface area (Å²) in [6.45, 7) is 4.15. The molecule has 23 heavy (non-hydrogen) atoms. The average molecular weight is 313 g/mol. The molecule has 0 spiro atoms. The van der Waals surface area contributed by atoms with Crippen LogP contribution in [0.4, 0.5) is 0 Å². The van der Waals surface area contributed by atoms with E-state index in [-0.39, 0.29) is 5.92 Å². The lowest BCUT2D eigenvalue weighted by molar-refractivity contribution is 0.0156. The first kappa shape index (κ1) is 16.5. The van der Waals surface area contributed by atoms with Crippen LogP contribution in [0.3, 0.4) is 0 Å². The minimum absolute atomic E-state index is 0.246. The zero-order chi connectivity index (χ0) is 16.0. The highest BCUT2D eigenvalue weighted by atomic mass is 16.5. The van der Waals surface area contributed by atoms with Crippen LogP contribution in [0, 0.1) is 17.8 Å². The summed E-state index contributed by atoms with van der Waals surface area (Å²) in [6, 6.07) is 10.0. The third-order valence-electron chi connectivity index (χ3n) is 5.10. The molecule has 1 heterocycles. The molecule has 0 unspecified atom stereocenters. The van der Waals surface area contributed by atoms with E-state index in [4.69, 9.17) is 4.74 Å². The summed E-state index contributed by atoms with van der Waals surface area (Å²) in [6.07, 6.45) is 5.81. The summed E-state index contributed by atoms with van der Waals surface area (Å²) in [7, 11) is 0. The van der Waals surface area contributed by atoms with Crippen LogP contribution < -0.4 is 0 Å². The van der Waals surface area contributed by atoms with E-state index in [9.17, 15) is 5.11 Å². The van der Waals surface area contributed by atoms with Gasteiger partial charge in [0.05, 0.1) is 19.8 Å². The SMILES string of the molecule is O[C@](C#CCN1CCOCC1)(c1ccccc1)C1CCCCC1. The van der Waals surface area contributed by atoms with Crippen molar-refractivity contribution >= 4 is 0 Å². The smallest absolute Gasteiger partial charge is 0.153 e. The van der Waals surface area contributed by atoms with Crippen LogP contribution in [0.15, 0.2) is 30.3 Å². The molecule has 1 N–H and O–H groups in total. The molecule has 2 fully saturated rings. The Bertz CT molecular complexity index is 536. The highest BCUT2D eigenvalue weighted by Gasteiger charge is 2.37. The van der Waals surface area contributed by atoms with Gasteiger partial charge in [-0.3, -0.25) is 4.90 Å². The molecule has 3 heteroatoms. The lowest BCUT2D eigenvalue weighted by Gasteiger charge is -2.35. The topological polar surface area (TPSA) is 32.7 Å². The predicted octanol–water partition coefficient (Wildman–Crippen LogP) is 2.79. The Labute approximate surface area is 139 Å². The van der Waals surface area contributed by atoms with Crippen LogP contribution in [0.5, 0.6) is 0 Å². The van der Waals surface area contributed by atoms with Crippen molar-refractivity contribution in [2.24, 2.45) is 5.92 Å². The Hall–Kier alpha value is -1.34. The highest BCUT2D eigenvalue weighted by Crippen LogP contribution is 2.38. The molecule has 1 saturated heterocycles. The molecule has 1 aliphatic heterocycles. The fourth-order valence-corrected chi connectivity index (χ4v) is 3.67. The van der Waals surface area contributed by atoms with Gasteiger partial charge in [0.1, 0.15) is 0 Å². The van der Waals surface area contributed by atoms with Crippen molar-refractivity contribution in [1.82, 2.24) is 4.90 Å². The van der Waals surface area contributed by atoms with Crippen LogP contribution in [-0.4, -0.2) is 42.9 Å². The van der Waals surface area contributed by atoms with Gasteiger partial charge < -0.3 is 9.84 Å². The first-order chi connectivity index (χ1) is 11.3. The summed E-state index contributed by atoms with van der Waals surface area (Å²) >= 11 is 0. The van der Waals surface area contributed by atoms with E-state index in [2.05, 4.69) is 16.7 Å². The van der Waals surface area contributed by atoms with E-state index in [1.165, 1.54) is 19.3 Å². The van der Waals surface area contributed by atoms with Crippen LogP contribution in [0.25, 0.3) is 0 Å². The van der Waals surface area contributed by atoms with Gasteiger partial charge in [-0.2, -0.15) is 0 Å². The van der Waals surface area contributed by atoms with E-state index in [1.807, 2.05) is 30.3 Å². The van der Waals surface area contributed by atoms with Crippen LogP contribution >= 0.6 is 0 Å². The lowest BCUT2D eigenvalue weighted by Crippen LogP contribution is -2.37. The van der Waals surface area contributed by atoms with Crippen molar-refractivity contribution in [2.45, 2.75) is 37.7 Å². The van der Waals surface area contributed by atoms with Gasteiger partial charge in [-0.1, -0.05) is 61.4 Å². The van der Waals surface area contributed by atoms with Crippen molar-refractivity contribution in [3.8, 4) is 11.8 Å². The number of ether oxygens (including phenoxy) is 1.